The van der Waals surface area contributed by atoms with Gasteiger partial charge in [-0.1, -0.05) is 12.8 Å². The first-order chi connectivity index (χ1) is 5.43. The second kappa shape index (κ2) is 5.56. The van der Waals surface area contributed by atoms with Crippen molar-refractivity contribution in [3.8, 4) is 0 Å². The van der Waals surface area contributed by atoms with Gasteiger partial charge in [-0.25, -0.2) is 0 Å². The van der Waals surface area contributed by atoms with Crippen LogP contribution < -0.4 is 5.32 Å². The Morgan fingerprint density at radius 2 is 2.18 bits per heavy atom. The first kappa shape index (κ1) is 9.01. The number of nitrogens with one attached hydrogen (secondary N) is 1. The maximum absolute atomic E-state index is 5.19. The Labute approximate surface area is 69.3 Å². The van der Waals surface area contributed by atoms with Gasteiger partial charge in [-0.15, -0.1) is 0 Å². The van der Waals surface area contributed by atoms with E-state index in [2.05, 4.69) is 5.32 Å². The van der Waals surface area contributed by atoms with E-state index in [1.54, 1.807) is 0 Å². The lowest BCUT2D eigenvalue weighted by atomic mass is 10.3. The molecule has 2 heteroatoms. The highest BCUT2D eigenvalue weighted by Crippen LogP contribution is 2.31. The summed E-state index contributed by atoms with van der Waals surface area (Å²) in [5, 5.41) is 3.37. The third-order valence-corrected chi connectivity index (χ3v) is 2.05. The molecule has 0 unspecified atom stereocenters. The minimum absolute atomic E-state index is 0.838. The number of hydrogen-bond acceptors (Lipinski definition) is 2. The molecule has 1 fully saturated rings. The standard InChI is InChI=1S/C9H19NO/c1-2-11-8-7-10-6-5-9-3-4-9/h9-10H,2-8H2,1H3. The summed E-state index contributed by atoms with van der Waals surface area (Å²) in [6.45, 7) is 5.92. The van der Waals surface area contributed by atoms with Gasteiger partial charge in [0.15, 0.2) is 0 Å². The van der Waals surface area contributed by atoms with Crippen molar-refractivity contribution in [3.63, 3.8) is 0 Å². The zero-order valence-corrected chi connectivity index (χ0v) is 7.44. The highest BCUT2D eigenvalue weighted by atomic mass is 16.5. The van der Waals surface area contributed by atoms with E-state index in [0.29, 0.717) is 0 Å². The molecule has 1 saturated carbocycles. The molecule has 1 aliphatic carbocycles. The quantitative estimate of drug-likeness (QED) is 0.564. The maximum atomic E-state index is 5.19. The summed E-state index contributed by atoms with van der Waals surface area (Å²) >= 11 is 0. The fourth-order valence-electron chi connectivity index (χ4n) is 1.13. The van der Waals surface area contributed by atoms with Crippen molar-refractivity contribution in [2.75, 3.05) is 26.3 Å². The first-order valence-electron chi connectivity index (χ1n) is 4.72. The van der Waals surface area contributed by atoms with E-state index < -0.39 is 0 Å². The number of hydrogen-bond donors (Lipinski definition) is 1. The summed E-state index contributed by atoms with van der Waals surface area (Å²) in [5.41, 5.74) is 0. The zero-order chi connectivity index (χ0) is 7.94. The molecule has 0 bridgehead atoms. The van der Waals surface area contributed by atoms with Crippen LogP contribution in [0, 0.1) is 5.92 Å². The third kappa shape index (κ3) is 5.22. The molecule has 0 atom stereocenters. The summed E-state index contributed by atoms with van der Waals surface area (Å²) in [5.74, 6) is 1.05. The van der Waals surface area contributed by atoms with E-state index in [4.69, 9.17) is 4.74 Å². The minimum atomic E-state index is 0.838. The summed E-state index contributed by atoms with van der Waals surface area (Å²) in [4.78, 5) is 0. The van der Waals surface area contributed by atoms with Crippen LogP contribution in [-0.2, 0) is 4.74 Å². The molecule has 1 rings (SSSR count). The van der Waals surface area contributed by atoms with E-state index in [9.17, 15) is 0 Å². The van der Waals surface area contributed by atoms with Crippen LogP contribution in [0.1, 0.15) is 26.2 Å². The molecule has 66 valence electrons. The first-order valence-corrected chi connectivity index (χ1v) is 4.72. The predicted molar refractivity (Wildman–Crippen MR) is 46.7 cm³/mol. The van der Waals surface area contributed by atoms with E-state index in [0.717, 1.165) is 25.7 Å². The highest BCUT2D eigenvalue weighted by Gasteiger charge is 2.19. The molecule has 1 N–H and O–H groups in total. The molecule has 2 nitrogen and oxygen atoms in total. The van der Waals surface area contributed by atoms with Crippen LogP contribution in [0.2, 0.25) is 0 Å². The molecule has 1 aliphatic rings. The van der Waals surface area contributed by atoms with Crippen molar-refractivity contribution in [1.29, 1.82) is 0 Å². The van der Waals surface area contributed by atoms with Gasteiger partial charge in [0.1, 0.15) is 0 Å². The van der Waals surface area contributed by atoms with Crippen LogP contribution in [-0.4, -0.2) is 26.3 Å². The lowest BCUT2D eigenvalue weighted by molar-refractivity contribution is 0.149. The van der Waals surface area contributed by atoms with Gasteiger partial charge in [0.05, 0.1) is 6.61 Å². The maximum Gasteiger partial charge on any atom is 0.0590 e. The fraction of sp³-hybridized carbons (Fsp3) is 1.00. The van der Waals surface area contributed by atoms with Gasteiger partial charge >= 0.3 is 0 Å². The number of rotatable bonds is 7. The molecule has 0 aromatic heterocycles. The second-order valence-corrected chi connectivity index (χ2v) is 3.18. The Kier molecular flexibility index (Phi) is 4.55. The van der Waals surface area contributed by atoms with E-state index >= 15 is 0 Å². The van der Waals surface area contributed by atoms with Crippen LogP contribution in [0.15, 0.2) is 0 Å². The monoisotopic (exact) mass is 157 g/mol. The Bertz CT molecular complexity index is 91.6. The normalized spacial score (nSPS) is 17.2. The van der Waals surface area contributed by atoms with E-state index in [-0.39, 0.29) is 0 Å². The van der Waals surface area contributed by atoms with Crippen molar-refractivity contribution < 1.29 is 4.74 Å². The second-order valence-electron chi connectivity index (χ2n) is 3.18. The van der Waals surface area contributed by atoms with Crippen LogP contribution >= 0.6 is 0 Å². The highest BCUT2D eigenvalue weighted by molar-refractivity contribution is 4.73. The Morgan fingerprint density at radius 3 is 2.82 bits per heavy atom. The minimum Gasteiger partial charge on any atom is -0.380 e. The Morgan fingerprint density at radius 1 is 1.36 bits per heavy atom. The molecule has 0 aromatic carbocycles. The molecular weight excluding hydrogens is 138 g/mol. The summed E-state index contributed by atoms with van der Waals surface area (Å²) in [7, 11) is 0. The molecule has 0 radical (unpaired) electrons. The van der Waals surface area contributed by atoms with Gasteiger partial charge in [-0.2, -0.15) is 0 Å². The Hall–Kier alpha value is -0.0800. The fourth-order valence-corrected chi connectivity index (χ4v) is 1.13. The average Bonchev–Trinajstić information content (AvgIpc) is 2.80. The molecule has 0 spiro atoms. The third-order valence-electron chi connectivity index (χ3n) is 2.05. The van der Waals surface area contributed by atoms with E-state index in [1.807, 2.05) is 6.92 Å². The summed E-state index contributed by atoms with van der Waals surface area (Å²) < 4.78 is 5.19. The van der Waals surface area contributed by atoms with Gasteiger partial charge in [-0.05, 0) is 25.8 Å². The van der Waals surface area contributed by atoms with Gasteiger partial charge in [0.25, 0.3) is 0 Å². The van der Waals surface area contributed by atoms with Crippen LogP contribution in [0.5, 0.6) is 0 Å². The smallest absolute Gasteiger partial charge is 0.0590 e. The molecule has 11 heavy (non-hydrogen) atoms. The van der Waals surface area contributed by atoms with Crippen molar-refractivity contribution in [1.82, 2.24) is 5.32 Å². The summed E-state index contributed by atoms with van der Waals surface area (Å²) in [6, 6.07) is 0. The van der Waals surface area contributed by atoms with Gasteiger partial charge in [0.2, 0.25) is 0 Å². The van der Waals surface area contributed by atoms with Gasteiger partial charge < -0.3 is 10.1 Å². The van der Waals surface area contributed by atoms with Gasteiger partial charge in [-0.3, -0.25) is 0 Å². The molecule has 0 amide bonds. The molecule has 0 aromatic rings. The topological polar surface area (TPSA) is 21.3 Å². The van der Waals surface area contributed by atoms with Crippen molar-refractivity contribution in [2.24, 2.45) is 5.92 Å². The largest absolute Gasteiger partial charge is 0.380 e. The lowest BCUT2D eigenvalue weighted by Crippen LogP contribution is -2.21. The Balaban J connectivity index is 1.66. The summed E-state index contributed by atoms with van der Waals surface area (Å²) in [6.07, 6.45) is 4.30. The lowest BCUT2D eigenvalue weighted by Gasteiger charge is -2.03. The molecule has 0 heterocycles. The van der Waals surface area contributed by atoms with Crippen LogP contribution in [0.25, 0.3) is 0 Å². The zero-order valence-electron chi connectivity index (χ0n) is 7.44. The van der Waals surface area contributed by atoms with E-state index in [1.165, 1.54) is 25.8 Å². The van der Waals surface area contributed by atoms with Crippen molar-refractivity contribution in [3.05, 3.63) is 0 Å². The van der Waals surface area contributed by atoms with Crippen molar-refractivity contribution >= 4 is 0 Å². The molecule has 0 aliphatic heterocycles. The van der Waals surface area contributed by atoms with Gasteiger partial charge in [0, 0.05) is 13.2 Å². The molecular formula is C9H19NO. The number of ether oxygens (including phenoxy) is 1. The molecule has 0 saturated heterocycles. The predicted octanol–water partition coefficient (Wildman–Crippen LogP) is 1.41. The average molecular weight is 157 g/mol. The SMILES string of the molecule is CCOCCNCCC1CC1. The van der Waals surface area contributed by atoms with Crippen molar-refractivity contribution in [2.45, 2.75) is 26.2 Å². The van der Waals surface area contributed by atoms with Crippen LogP contribution in [0.3, 0.4) is 0 Å². The van der Waals surface area contributed by atoms with Crippen LogP contribution in [0.4, 0.5) is 0 Å².